The molecule has 22 heavy (non-hydrogen) atoms. The summed E-state index contributed by atoms with van der Waals surface area (Å²) < 4.78 is 0. The number of carbonyl (C=O) groups is 1. The van der Waals surface area contributed by atoms with E-state index in [4.69, 9.17) is 16.5 Å². The van der Waals surface area contributed by atoms with Crippen LogP contribution in [0.5, 0.6) is 0 Å². The van der Waals surface area contributed by atoms with Crippen LogP contribution >= 0.6 is 11.3 Å². The molecular weight excluding hydrogens is 294 g/mol. The fourth-order valence-corrected chi connectivity index (χ4v) is 4.69. The quantitative estimate of drug-likeness (QED) is 0.889. The lowest BCUT2D eigenvalue weighted by Gasteiger charge is -2.18. The molecule has 0 atom stereocenters. The number of carbonyl (C=O) groups excluding carboxylic acids is 1. The van der Waals surface area contributed by atoms with E-state index < -0.39 is 5.91 Å². The SMILES string of the molecule is NC(=O)c1sc2nc3c(c(C4CC4)c2c1N)CCCCCC3. The first kappa shape index (κ1) is 14.0. The van der Waals surface area contributed by atoms with E-state index in [1.807, 2.05) is 0 Å². The van der Waals surface area contributed by atoms with Crippen LogP contribution in [-0.4, -0.2) is 10.9 Å². The zero-order chi connectivity index (χ0) is 15.3. The van der Waals surface area contributed by atoms with E-state index in [1.165, 1.54) is 66.7 Å². The maximum atomic E-state index is 11.6. The van der Waals surface area contributed by atoms with E-state index in [1.54, 1.807) is 0 Å². The summed E-state index contributed by atoms with van der Waals surface area (Å²) in [4.78, 5) is 17.9. The van der Waals surface area contributed by atoms with Crippen LogP contribution < -0.4 is 11.5 Å². The monoisotopic (exact) mass is 315 g/mol. The highest BCUT2D eigenvalue weighted by Gasteiger charge is 2.32. The lowest BCUT2D eigenvalue weighted by molar-refractivity contribution is 0.100. The standard InChI is InChI=1S/C17H21N3OS/c18-14-13-12(9-7-8-9)10-5-3-1-2-4-6-11(10)20-17(13)22-15(14)16(19)21/h9H,1-8,18H2,(H2,19,21). The maximum absolute atomic E-state index is 11.6. The highest BCUT2D eigenvalue weighted by molar-refractivity contribution is 7.21. The van der Waals surface area contributed by atoms with Gasteiger partial charge >= 0.3 is 0 Å². The van der Waals surface area contributed by atoms with Gasteiger partial charge in [-0.2, -0.15) is 0 Å². The van der Waals surface area contributed by atoms with Crippen LogP contribution in [0.1, 0.15) is 70.9 Å². The van der Waals surface area contributed by atoms with Gasteiger partial charge < -0.3 is 11.5 Å². The summed E-state index contributed by atoms with van der Waals surface area (Å²) >= 11 is 1.37. The molecule has 0 aliphatic heterocycles. The molecule has 0 saturated heterocycles. The normalized spacial score (nSPS) is 18.7. The van der Waals surface area contributed by atoms with Crippen LogP contribution in [0.25, 0.3) is 10.2 Å². The highest BCUT2D eigenvalue weighted by Crippen LogP contribution is 2.49. The molecule has 0 aromatic carbocycles. The Morgan fingerprint density at radius 2 is 1.86 bits per heavy atom. The Labute approximate surface area is 133 Å². The third kappa shape index (κ3) is 2.19. The molecule has 2 aliphatic carbocycles. The molecule has 4 N–H and O–H groups in total. The second-order valence-electron chi connectivity index (χ2n) is 6.53. The van der Waals surface area contributed by atoms with Gasteiger partial charge in [-0.05, 0) is 55.6 Å². The number of primary amides is 1. The number of amides is 1. The molecule has 4 rings (SSSR count). The number of nitrogens with two attached hydrogens (primary N) is 2. The molecule has 0 bridgehead atoms. The van der Waals surface area contributed by atoms with Gasteiger partial charge in [0.15, 0.2) is 0 Å². The van der Waals surface area contributed by atoms with Crippen molar-refractivity contribution in [2.75, 3.05) is 5.73 Å². The first-order valence-electron chi connectivity index (χ1n) is 8.20. The number of nitrogen functional groups attached to an aromatic ring is 1. The van der Waals surface area contributed by atoms with Gasteiger partial charge in [-0.3, -0.25) is 4.79 Å². The summed E-state index contributed by atoms with van der Waals surface area (Å²) in [5.41, 5.74) is 16.4. The van der Waals surface area contributed by atoms with E-state index in [0.717, 1.165) is 23.1 Å². The molecular formula is C17H21N3OS. The van der Waals surface area contributed by atoms with Crippen molar-refractivity contribution in [3.8, 4) is 0 Å². The zero-order valence-corrected chi connectivity index (χ0v) is 13.5. The number of nitrogens with zero attached hydrogens (tertiary/aromatic N) is 1. The van der Waals surface area contributed by atoms with E-state index in [2.05, 4.69) is 0 Å². The summed E-state index contributed by atoms with van der Waals surface area (Å²) in [5, 5.41) is 1.03. The number of rotatable bonds is 2. The van der Waals surface area contributed by atoms with Gasteiger partial charge in [0.25, 0.3) is 5.91 Å². The van der Waals surface area contributed by atoms with E-state index >= 15 is 0 Å². The third-order valence-electron chi connectivity index (χ3n) is 4.91. The molecule has 0 spiro atoms. The molecule has 4 nitrogen and oxygen atoms in total. The maximum Gasteiger partial charge on any atom is 0.260 e. The van der Waals surface area contributed by atoms with Gasteiger partial charge in [0.2, 0.25) is 0 Å². The van der Waals surface area contributed by atoms with Crippen molar-refractivity contribution < 1.29 is 4.79 Å². The van der Waals surface area contributed by atoms with Crippen molar-refractivity contribution in [3.05, 3.63) is 21.7 Å². The molecule has 0 unspecified atom stereocenters. The number of hydrogen-bond acceptors (Lipinski definition) is 4. The Morgan fingerprint density at radius 1 is 1.14 bits per heavy atom. The smallest absolute Gasteiger partial charge is 0.260 e. The van der Waals surface area contributed by atoms with Gasteiger partial charge in [0.05, 0.1) is 5.69 Å². The number of anilines is 1. The van der Waals surface area contributed by atoms with Gasteiger partial charge in [0, 0.05) is 11.1 Å². The average molecular weight is 315 g/mol. The van der Waals surface area contributed by atoms with Crippen LogP contribution in [0, 0.1) is 0 Å². The van der Waals surface area contributed by atoms with Crippen LogP contribution in [0.4, 0.5) is 5.69 Å². The molecule has 116 valence electrons. The Kier molecular flexibility index (Phi) is 3.33. The molecule has 1 fully saturated rings. The van der Waals surface area contributed by atoms with E-state index in [0.29, 0.717) is 16.5 Å². The number of thiophene rings is 1. The molecule has 1 saturated carbocycles. The number of aryl methyl sites for hydroxylation is 1. The first-order valence-corrected chi connectivity index (χ1v) is 9.02. The van der Waals surface area contributed by atoms with Gasteiger partial charge in [-0.1, -0.05) is 12.8 Å². The summed E-state index contributed by atoms with van der Waals surface area (Å²) in [6.07, 6.45) is 9.63. The number of fused-ring (bicyclic) bond motifs is 2. The topological polar surface area (TPSA) is 82.0 Å². The van der Waals surface area contributed by atoms with Crippen molar-refractivity contribution in [2.24, 2.45) is 5.73 Å². The molecule has 5 heteroatoms. The number of pyridine rings is 1. The molecule has 0 radical (unpaired) electrons. The Morgan fingerprint density at radius 3 is 2.55 bits per heavy atom. The van der Waals surface area contributed by atoms with Crippen molar-refractivity contribution >= 4 is 33.1 Å². The first-order chi connectivity index (χ1) is 10.7. The molecule has 2 heterocycles. The van der Waals surface area contributed by atoms with Crippen LogP contribution in [0.3, 0.4) is 0 Å². The summed E-state index contributed by atoms with van der Waals surface area (Å²) in [7, 11) is 0. The van der Waals surface area contributed by atoms with E-state index in [-0.39, 0.29) is 0 Å². The minimum absolute atomic E-state index is 0.435. The van der Waals surface area contributed by atoms with Crippen molar-refractivity contribution in [2.45, 2.75) is 57.3 Å². The lowest BCUT2D eigenvalue weighted by atomic mass is 9.90. The Hall–Kier alpha value is -1.62. The second-order valence-corrected chi connectivity index (χ2v) is 7.53. The van der Waals surface area contributed by atoms with Crippen molar-refractivity contribution in [3.63, 3.8) is 0 Å². The predicted octanol–water partition coefficient (Wildman–Crippen LogP) is 3.51. The molecule has 2 aliphatic rings. The lowest BCUT2D eigenvalue weighted by Crippen LogP contribution is -2.11. The summed E-state index contributed by atoms with van der Waals surface area (Å²) in [5.74, 6) is 0.172. The summed E-state index contributed by atoms with van der Waals surface area (Å²) in [6.45, 7) is 0. The minimum atomic E-state index is -0.435. The van der Waals surface area contributed by atoms with Crippen molar-refractivity contribution in [1.29, 1.82) is 0 Å². The van der Waals surface area contributed by atoms with Gasteiger partial charge in [0.1, 0.15) is 9.71 Å². The third-order valence-corrected chi connectivity index (χ3v) is 6.02. The fourth-order valence-electron chi connectivity index (χ4n) is 3.71. The fraction of sp³-hybridized carbons (Fsp3) is 0.529. The number of hydrogen-bond donors (Lipinski definition) is 2. The van der Waals surface area contributed by atoms with Gasteiger partial charge in [-0.25, -0.2) is 4.98 Å². The largest absolute Gasteiger partial charge is 0.397 e. The van der Waals surface area contributed by atoms with Crippen LogP contribution in [0.15, 0.2) is 0 Å². The van der Waals surface area contributed by atoms with Crippen LogP contribution in [0.2, 0.25) is 0 Å². The zero-order valence-electron chi connectivity index (χ0n) is 12.7. The Bertz CT molecular complexity index is 761. The molecule has 2 aromatic heterocycles. The molecule has 2 aromatic rings. The van der Waals surface area contributed by atoms with Crippen LogP contribution in [-0.2, 0) is 12.8 Å². The Balaban J connectivity index is 2.01. The van der Waals surface area contributed by atoms with E-state index in [9.17, 15) is 4.79 Å². The summed E-state index contributed by atoms with van der Waals surface area (Å²) in [6, 6.07) is 0. The minimum Gasteiger partial charge on any atom is -0.397 e. The predicted molar refractivity (Wildman–Crippen MR) is 90.4 cm³/mol. The highest BCUT2D eigenvalue weighted by atomic mass is 32.1. The average Bonchev–Trinajstić information content (AvgIpc) is 3.23. The number of aromatic nitrogens is 1. The second kappa shape index (κ2) is 5.23. The molecule has 1 amide bonds. The van der Waals surface area contributed by atoms with Gasteiger partial charge in [-0.15, -0.1) is 11.3 Å². The van der Waals surface area contributed by atoms with Crippen molar-refractivity contribution in [1.82, 2.24) is 4.98 Å².